The fourth-order valence-electron chi connectivity index (χ4n) is 4.24. The number of hydrogen-bond acceptors (Lipinski definition) is 4. The van der Waals surface area contributed by atoms with E-state index < -0.39 is 0 Å². The van der Waals surface area contributed by atoms with Gasteiger partial charge in [-0.1, -0.05) is 72.3 Å². The number of fused-ring (bicyclic) bond motifs is 1. The highest BCUT2D eigenvalue weighted by Crippen LogP contribution is 2.24. The Morgan fingerprint density at radius 2 is 1.84 bits per heavy atom. The molecule has 2 heterocycles. The number of amides is 1. The van der Waals surface area contributed by atoms with Crippen LogP contribution in [0, 0.1) is 0 Å². The van der Waals surface area contributed by atoms with Gasteiger partial charge in [-0.05, 0) is 18.1 Å². The van der Waals surface area contributed by atoms with Crippen LogP contribution in [0.2, 0.25) is 0 Å². The van der Waals surface area contributed by atoms with E-state index in [1.165, 1.54) is 11.1 Å². The van der Waals surface area contributed by atoms with Gasteiger partial charge in [-0.15, -0.1) is 0 Å². The summed E-state index contributed by atoms with van der Waals surface area (Å²) < 4.78 is 1.80. The minimum atomic E-state index is -0.166. The zero-order chi connectivity index (χ0) is 22.3. The van der Waals surface area contributed by atoms with E-state index in [2.05, 4.69) is 40.4 Å². The minimum absolute atomic E-state index is 0.00182. The van der Waals surface area contributed by atoms with E-state index in [4.69, 9.17) is 0 Å². The molecular weight excluding hydrogens is 400 g/mol. The second-order valence-electron chi connectivity index (χ2n) is 8.25. The van der Waals surface area contributed by atoms with Crippen molar-refractivity contribution in [3.05, 3.63) is 94.3 Å². The third kappa shape index (κ3) is 5.33. The predicted octanol–water partition coefficient (Wildman–Crippen LogP) is 3.27. The van der Waals surface area contributed by atoms with Crippen molar-refractivity contribution in [1.29, 1.82) is 0 Å². The van der Waals surface area contributed by atoms with Crippen molar-refractivity contribution in [2.75, 3.05) is 19.7 Å². The zero-order valence-corrected chi connectivity index (χ0v) is 18.5. The first kappa shape index (κ1) is 22.0. The number of nitrogens with one attached hydrogen (secondary N) is 1. The summed E-state index contributed by atoms with van der Waals surface area (Å²) in [7, 11) is 0. The summed E-state index contributed by atoms with van der Waals surface area (Å²) >= 11 is 0. The van der Waals surface area contributed by atoms with Crippen LogP contribution in [0.25, 0.3) is 6.08 Å². The van der Waals surface area contributed by atoms with Crippen LogP contribution in [0.4, 0.5) is 0 Å². The first-order valence-corrected chi connectivity index (χ1v) is 11.1. The molecule has 0 saturated heterocycles. The van der Waals surface area contributed by atoms with E-state index in [1.54, 1.807) is 4.68 Å². The number of carbonyl (C=O) groups excluding carboxylic acids is 1. The average Bonchev–Trinajstić information content (AvgIpc) is 3.17. The third-order valence-corrected chi connectivity index (χ3v) is 5.72. The Morgan fingerprint density at radius 1 is 1.12 bits per heavy atom. The number of aliphatic hydroxyl groups excluding tert-OH is 1. The molecule has 166 valence electrons. The van der Waals surface area contributed by atoms with Crippen LogP contribution in [-0.2, 0) is 26.1 Å². The van der Waals surface area contributed by atoms with Crippen molar-refractivity contribution in [3.63, 3.8) is 0 Å². The van der Waals surface area contributed by atoms with Crippen molar-refractivity contribution in [3.8, 4) is 0 Å². The van der Waals surface area contributed by atoms with Crippen LogP contribution in [0.5, 0.6) is 0 Å². The molecule has 0 bridgehead atoms. The van der Waals surface area contributed by atoms with E-state index >= 15 is 0 Å². The topological polar surface area (TPSA) is 70.4 Å². The summed E-state index contributed by atoms with van der Waals surface area (Å²) in [6.45, 7) is 5.42. The fourth-order valence-corrected chi connectivity index (χ4v) is 4.24. The second kappa shape index (κ2) is 10.4. The van der Waals surface area contributed by atoms with E-state index in [1.807, 2.05) is 48.5 Å². The Bertz CT molecular complexity index is 1070. The van der Waals surface area contributed by atoms with Gasteiger partial charge in [0.2, 0.25) is 0 Å². The van der Waals surface area contributed by atoms with Crippen LogP contribution in [0.15, 0.2) is 66.2 Å². The Morgan fingerprint density at radius 3 is 2.56 bits per heavy atom. The van der Waals surface area contributed by atoms with Crippen molar-refractivity contribution in [2.45, 2.75) is 33.0 Å². The molecule has 1 amide bonds. The predicted molar refractivity (Wildman–Crippen MR) is 126 cm³/mol. The smallest absolute Gasteiger partial charge is 0.272 e. The molecule has 0 radical (unpaired) electrons. The number of carbonyl (C=O) groups is 1. The minimum Gasteiger partial charge on any atom is -0.394 e. The second-order valence-corrected chi connectivity index (χ2v) is 8.25. The molecule has 2 aromatic carbocycles. The van der Waals surface area contributed by atoms with Crippen LogP contribution >= 0.6 is 0 Å². The third-order valence-electron chi connectivity index (χ3n) is 5.72. The Balaban J connectivity index is 1.49. The lowest BCUT2D eigenvalue weighted by Crippen LogP contribution is -2.33. The quantitative estimate of drug-likeness (QED) is 0.576. The summed E-state index contributed by atoms with van der Waals surface area (Å²) in [6, 6.07) is 20.2. The maximum Gasteiger partial charge on any atom is 0.272 e. The van der Waals surface area contributed by atoms with Gasteiger partial charge in [0.15, 0.2) is 5.69 Å². The molecule has 0 fully saturated rings. The number of nitrogens with zero attached hydrogens (tertiary/aromatic N) is 3. The number of rotatable bonds is 8. The Kier molecular flexibility index (Phi) is 7.14. The van der Waals surface area contributed by atoms with Crippen LogP contribution < -0.4 is 5.32 Å². The SMILES string of the molecule is CC(=Cc1ccccc1)CN1CCc2c(c(C(=O)NCc3ccccc3)nn2CCO)C1. The molecule has 1 aliphatic rings. The molecule has 0 aliphatic carbocycles. The van der Waals surface area contributed by atoms with Gasteiger partial charge in [-0.2, -0.15) is 5.10 Å². The molecule has 0 spiro atoms. The summed E-state index contributed by atoms with van der Waals surface area (Å²) in [5.41, 5.74) is 6.02. The number of aromatic nitrogens is 2. The van der Waals surface area contributed by atoms with Crippen molar-refractivity contribution >= 4 is 12.0 Å². The van der Waals surface area contributed by atoms with Gasteiger partial charge in [0.1, 0.15) is 0 Å². The molecule has 2 N–H and O–H groups in total. The first-order chi connectivity index (χ1) is 15.6. The van der Waals surface area contributed by atoms with Crippen LogP contribution in [0.3, 0.4) is 0 Å². The maximum absolute atomic E-state index is 13.0. The normalized spacial score (nSPS) is 14.2. The van der Waals surface area contributed by atoms with E-state index in [-0.39, 0.29) is 12.5 Å². The molecule has 4 rings (SSSR count). The molecule has 1 aliphatic heterocycles. The zero-order valence-electron chi connectivity index (χ0n) is 18.5. The van der Waals surface area contributed by atoms with Gasteiger partial charge in [0.25, 0.3) is 5.91 Å². The van der Waals surface area contributed by atoms with Gasteiger partial charge < -0.3 is 10.4 Å². The average molecular weight is 431 g/mol. The standard InChI is InChI=1S/C26H30N4O2/c1-20(16-21-8-4-2-5-9-21)18-29-13-12-24-23(19-29)25(28-30(24)14-15-31)26(32)27-17-22-10-6-3-7-11-22/h2-11,16,31H,12-15,17-19H2,1H3,(H,27,32). The highest BCUT2D eigenvalue weighted by Gasteiger charge is 2.28. The maximum atomic E-state index is 13.0. The van der Waals surface area contributed by atoms with Gasteiger partial charge in [-0.3, -0.25) is 14.4 Å². The van der Waals surface area contributed by atoms with E-state index in [0.29, 0.717) is 25.3 Å². The summed E-state index contributed by atoms with van der Waals surface area (Å²) in [5, 5.41) is 17.0. The Hall–Kier alpha value is -3.22. The van der Waals surface area contributed by atoms with Crippen molar-refractivity contribution < 1.29 is 9.90 Å². The van der Waals surface area contributed by atoms with E-state index in [9.17, 15) is 9.90 Å². The lowest BCUT2D eigenvalue weighted by Gasteiger charge is -2.28. The van der Waals surface area contributed by atoms with Crippen molar-refractivity contribution in [2.24, 2.45) is 0 Å². The van der Waals surface area contributed by atoms with Crippen LogP contribution in [0.1, 0.15) is 39.8 Å². The molecule has 3 aromatic rings. The fraction of sp³-hybridized carbons (Fsp3) is 0.308. The monoisotopic (exact) mass is 430 g/mol. The number of aliphatic hydroxyl groups is 1. The molecular formula is C26H30N4O2. The largest absolute Gasteiger partial charge is 0.394 e. The molecule has 0 saturated carbocycles. The summed E-state index contributed by atoms with van der Waals surface area (Å²) in [6.07, 6.45) is 3.02. The van der Waals surface area contributed by atoms with Gasteiger partial charge in [0.05, 0.1) is 13.2 Å². The molecule has 0 atom stereocenters. The number of hydrogen-bond donors (Lipinski definition) is 2. The Labute approximate surface area is 189 Å². The highest BCUT2D eigenvalue weighted by molar-refractivity contribution is 5.94. The molecule has 1 aromatic heterocycles. The summed E-state index contributed by atoms with van der Waals surface area (Å²) in [5.74, 6) is -0.166. The highest BCUT2D eigenvalue weighted by atomic mass is 16.3. The van der Waals surface area contributed by atoms with Gasteiger partial charge in [-0.25, -0.2) is 0 Å². The molecule has 32 heavy (non-hydrogen) atoms. The first-order valence-electron chi connectivity index (χ1n) is 11.1. The van der Waals surface area contributed by atoms with Crippen molar-refractivity contribution in [1.82, 2.24) is 20.0 Å². The van der Waals surface area contributed by atoms with E-state index in [0.717, 1.165) is 36.3 Å². The lowest BCUT2D eigenvalue weighted by molar-refractivity contribution is 0.0942. The van der Waals surface area contributed by atoms with Gasteiger partial charge in [0, 0.05) is 43.9 Å². The van der Waals surface area contributed by atoms with Gasteiger partial charge >= 0.3 is 0 Å². The number of benzene rings is 2. The molecule has 6 heteroatoms. The molecule has 0 unspecified atom stereocenters. The molecule has 6 nitrogen and oxygen atoms in total. The van der Waals surface area contributed by atoms with Crippen LogP contribution in [-0.4, -0.2) is 45.4 Å². The summed E-state index contributed by atoms with van der Waals surface area (Å²) in [4.78, 5) is 15.4. The lowest BCUT2D eigenvalue weighted by atomic mass is 10.0.